The number of hydrogen-bond donors (Lipinski definition) is 2. The molecule has 11 heteroatoms. The number of morpholine rings is 1. The molecular weight excluding hydrogens is 486 g/mol. The molecule has 0 saturated carbocycles. The number of carbonyl (C=O) groups is 1. The number of ether oxygens (including phenoxy) is 2. The van der Waals surface area contributed by atoms with Gasteiger partial charge in [0.25, 0.3) is 0 Å². The zero-order valence-corrected chi connectivity index (χ0v) is 21.9. The van der Waals surface area contributed by atoms with Gasteiger partial charge in [-0.25, -0.2) is 14.8 Å². The smallest absolute Gasteiger partial charge is 0.324 e. The van der Waals surface area contributed by atoms with Crippen molar-refractivity contribution in [1.82, 2.24) is 24.4 Å². The number of fused-ring (bicyclic) bond motifs is 1. The van der Waals surface area contributed by atoms with E-state index in [1.165, 1.54) is 0 Å². The van der Waals surface area contributed by atoms with Crippen LogP contribution in [0.25, 0.3) is 16.9 Å². The highest BCUT2D eigenvalue weighted by molar-refractivity contribution is 5.99. The molecule has 2 amide bonds. The van der Waals surface area contributed by atoms with Gasteiger partial charge in [0.2, 0.25) is 5.88 Å². The van der Waals surface area contributed by atoms with E-state index in [1.807, 2.05) is 61.8 Å². The van der Waals surface area contributed by atoms with Gasteiger partial charge < -0.3 is 19.3 Å². The maximum Gasteiger partial charge on any atom is 0.324 e. The maximum atomic E-state index is 12.4. The van der Waals surface area contributed by atoms with Gasteiger partial charge in [0, 0.05) is 48.6 Å². The standard InChI is InChI=1S/C27H33N7O4/c1-27(2,3)22-15-23(32-38-22)31-26(35)29-20-7-5-19(6-8-20)21-17-34-18-25(28-16-24(34)30-21)37-12-4-9-33-10-13-36-14-11-33/h5-8,15-18H,4,9-14H2,1-3H3,(H2,29,31,32,35). The molecular formula is C27H33N7O4. The Morgan fingerprint density at radius 2 is 1.89 bits per heavy atom. The van der Waals surface area contributed by atoms with Crippen LogP contribution >= 0.6 is 0 Å². The van der Waals surface area contributed by atoms with Crippen molar-refractivity contribution in [2.75, 3.05) is 50.1 Å². The van der Waals surface area contributed by atoms with Crippen LogP contribution in [0, 0.1) is 0 Å². The monoisotopic (exact) mass is 519 g/mol. The van der Waals surface area contributed by atoms with E-state index in [2.05, 4.69) is 30.7 Å². The molecule has 0 unspecified atom stereocenters. The average Bonchev–Trinajstić information content (AvgIpc) is 3.55. The number of amides is 2. The average molecular weight is 520 g/mol. The van der Waals surface area contributed by atoms with E-state index in [0.717, 1.165) is 56.2 Å². The second kappa shape index (κ2) is 11.2. The van der Waals surface area contributed by atoms with Crippen LogP contribution in [0.2, 0.25) is 0 Å². The Morgan fingerprint density at radius 1 is 1.11 bits per heavy atom. The Morgan fingerprint density at radius 3 is 2.63 bits per heavy atom. The van der Waals surface area contributed by atoms with Crippen molar-refractivity contribution in [3.05, 3.63) is 54.7 Å². The van der Waals surface area contributed by atoms with Crippen molar-refractivity contribution in [1.29, 1.82) is 0 Å². The molecule has 4 heterocycles. The third-order valence-electron chi connectivity index (χ3n) is 6.22. The first-order valence-corrected chi connectivity index (χ1v) is 12.8. The summed E-state index contributed by atoms with van der Waals surface area (Å²) in [6, 6.07) is 8.78. The molecule has 5 rings (SSSR count). The third kappa shape index (κ3) is 6.48. The topological polar surface area (TPSA) is 119 Å². The van der Waals surface area contributed by atoms with Crippen molar-refractivity contribution >= 4 is 23.2 Å². The van der Waals surface area contributed by atoms with Gasteiger partial charge in [0.1, 0.15) is 5.76 Å². The van der Waals surface area contributed by atoms with E-state index in [0.29, 0.717) is 29.8 Å². The molecule has 1 aliphatic heterocycles. The summed E-state index contributed by atoms with van der Waals surface area (Å²) in [5.41, 5.74) is 2.89. The van der Waals surface area contributed by atoms with Gasteiger partial charge in [-0.2, -0.15) is 0 Å². The Bertz CT molecular complexity index is 1370. The minimum absolute atomic E-state index is 0.190. The highest BCUT2D eigenvalue weighted by atomic mass is 16.5. The van der Waals surface area contributed by atoms with E-state index in [-0.39, 0.29) is 5.41 Å². The number of aromatic nitrogens is 4. The number of hydrogen-bond acceptors (Lipinski definition) is 8. The van der Waals surface area contributed by atoms with E-state index in [1.54, 1.807) is 12.3 Å². The summed E-state index contributed by atoms with van der Waals surface area (Å²) in [7, 11) is 0. The molecule has 3 aromatic heterocycles. The first-order chi connectivity index (χ1) is 18.3. The van der Waals surface area contributed by atoms with E-state index >= 15 is 0 Å². The molecule has 2 N–H and O–H groups in total. The van der Waals surface area contributed by atoms with Gasteiger partial charge in [-0.1, -0.05) is 38.1 Å². The zero-order chi connectivity index (χ0) is 26.5. The van der Waals surface area contributed by atoms with Crippen LogP contribution in [0.3, 0.4) is 0 Å². The molecule has 0 radical (unpaired) electrons. The number of nitrogens with one attached hydrogen (secondary N) is 2. The van der Waals surface area contributed by atoms with Crippen LogP contribution in [-0.2, 0) is 10.2 Å². The van der Waals surface area contributed by atoms with Gasteiger partial charge in [0.05, 0.1) is 37.9 Å². The number of carbonyl (C=O) groups excluding carboxylic acids is 1. The molecule has 0 spiro atoms. The largest absolute Gasteiger partial charge is 0.477 e. The van der Waals surface area contributed by atoms with Gasteiger partial charge in [-0.05, 0) is 18.6 Å². The minimum atomic E-state index is -0.400. The highest BCUT2D eigenvalue weighted by Gasteiger charge is 2.20. The zero-order valence-electron chi connectivity index (χ0n) is 21.9. The molecule has 1 aliphatic rings. The highest BCUT2D eigenvalue weighted by Crippen LogP contribution is 2.25. The van der Waals surface area contributed by atoms with Gasteiger partial charge >= 0.3 is 6.03 Å². The fourth-order valence-corrected chi connectivity index (χ4v) is 4.07. The Kier molecular flexibility index (Phi) is 7.57. The van der Waals surface area contributed by atoms with Crippen LogP contribution in [-0.4, -0.2) is 69.9 Å². The maximum absolute atomic E-state index is 12.4. The number of imidazole rings is 1. The Balaban J connectivity index is 1.15. The molecule has 38 heavy (non-hydrogen) atoms. The van der Waals surface area contributed by atoms with Gasteiger partial charge in [0.15, 0.2) is 11.5 Å². The predicted octanol–water partition coefficient (Wildman–Crippen LogP) is 4.43. The summed E-state index contributed by atoms with van der Waals surface area (Å²) in [6.45, 7) is 11.2. The van der Waals surface area contributed by atoms with Crippen LogP contribution in [0.1, 0.15) is 33.0 Å². The van der Waals surface area contributed by atoms with E-state index in [9.17, 15) is 4.79 Å². The van der Waals surface area contributed by atoms with Crippen molar-refractivity contribution in [3.63, 3.8) is 0 Å². The van der Waals surface area contributed by atoms with Crippen molar-refractivity contribution < 1.29 is 18.8 Å². The summed E-state index contributed by atoms with van der Waals surface area (Å²) in [4.78, 5) is 23.8. The molecule has 0 atom stereocenters. The molecule has 0 bridgehead atoms. The second-order valence-electron chi connectivity index (χ2n) is 10.3. The first-order valence-electron chi connectivity index (χ1n) is 12.8. The first kappa shape index (κ1) is 25.7. The Hall–Kier alpha value is -3.96. The lowest BCUT2D eigenvalue weighted by Crippen LogP contribution is -2.37. The molecule has 1 aromatic carbocycles. The van der Waals surface area contributed by atoms with Crippen molar-refractivity contribution in [3.8, 4) is 17.1 Å². The molecule has 1 saturated heterocycles. The fraction of sp³-hybridized carbons (Fsp3) is 0.407. The lowest BCUT2D eigenvalue weighted by atomic mass is 9.93. The molecule has 11 nitrogen and oxygen atoms in total. The Labute approximate surface area is 221 Å². The van der Waals surface area contributed by atoms with Crippen LogP contribution in [0.4, 0.5) is 16.3 Å². The summed E-state index contributed by atoms with van der Waals surface area (Å²) in [5.74, 6) is 1.63. The third-order valence-corrected chi connectivity index (χ3v) is 6.22. The van der Waals surface area contributed by atoms with Crippen molar-refractivity contribution in [2.24, 2.45) is 0 Å². The lowest BCUT2D eigenvalue weighted by molar-refractivity contribution is 0.0357. The molecule has 1 fully saturated rings. The fourth-order valence-electron chi connectivity index (χ4n) is 4.07. The van der Waals surface area contributed by atoms with E-state index < -0.39 is 6.03 Å². The summed E-state index contributed by atoms with van der Waals surface area (Å²) < 4.78 is 18.5. The molecule has 200 valence electrons. The number of anilines is 2. The molecule has 4 aromatic rings. The normalized spacial score (nSPS) is 14.5. The SMILES string of the molecule is CC(C)(C)c1cc(NC(=O)Nc2ccc(-c3cn4cc(OCCCN5CCOCC5)ncc4n3)cc2)no1. The number of rotatable bonds is 8. The summed E-state index contributed by atoms with van der Waals surface area (Å²) in [5, 5.41) is 9.40. The van der Waals surface area contributed by atoms with Crippen LogP contribution in [0.15, 0.2) is 53.4 Å². The van der Waals surface area contributed by atoms with Crippen LogP contribution < -0.4 is 15.4 Å². The lowest BCUT2D eigenvalue weighted by Gasteiger charge is -2.26. The van der Waals surface area contributed by atoms with Gasteiger partial charge in [-0.3, -0.25) is 14.6 Å². The minimum Gasteiger partial charge on any atom is -0.477 e. The quantitative estimate of drug-likeness (QED) is 0.328. The number of benzene rings is 1. The van der Waals surface area contributed by atoms with E-state index in [4.69, 9.17) is 14.0 Å². The van der Waals surface area contributed by atoms with Gasteiger partial charge in [-0.15, -0.1) is 0 Å². The van der Waals surface area contributed by atoms with Crippen LogP contribution in [0.5, 0.6) is 5.88 Å². The summed E-state index contributed by atoms with van der Waals surface area (Å²) in [6.07, 6.45) is 6.42. The number of urea groups is 1. The summed E-state index contributed by atoms with van der Waals surface area (Å²) >= 11 is 0. The van der Waals surface area contributed by atoms with Crippen molar-refractivity contribution in [2.45, 2.75) is 32.6 Å². The second-order valence-corrected chi connectivity index (χ2v) is 10.3. The molecule has 0 aliphatic carbocycles. The number of nitrogens with zero attached hydrogens (tertiary/aromatic N) is 5. The predicted molar refractivity (Wildman–Crippen MR) is 144 cm³/mol.